The van der Waals surface area contributed by atoms with E-state index in [1.54, 1.807) is 29.2 Å². The number of aliphatic hydroxyl groups excluding tert-OH is 1. The molecule has 0 radical (unpaired) electrons. The van der Waals surface area contributed by atoms with Gasteiger partial charge in [0.25, 0.3) is 5.91 Å². The summed E-state index contributed by atoms with van der Waals surface area (Å²) in [5.41, 5.74) is 6.21. The first-order valence-corrected chi connectivity index (χ1v) is 6.17. The van der Waals surface area contributed by atoms with Crippen molar-refractivity contribution in [3.05, 3.63) is 24.3 Å². The van der Waals surface area contributed by atoms with E-state index < -0.39 is 0 Å². The normalized spacial score (nSPS) is 19.2. The van der Waals surface area contributed by atoms with Gasteiger partial charge >= 0.3 is 0 Å². The number of anilines is 1. The highest BCUT2D eigenvalue weighted by atomic mass is 16.5. The van der Waals surface area contributed by atoms with E-state index >= 15 is 0 Å². The van der Waals surface area contributed by atoms with E-state index in [1.165, 1.54) is 0 Å². The maximum Gasteiger partial charge on any atom is 0.260 e. The molecule has 0 spiro atoms. The van der Waals surface area contributed by atoms with E-state index in [0.29, 0.717) is 31.1 Å². The van der Waals surface area contributed by atoms with Crippen LogP contribution < -0.4 is 10.5 Å². The number of morpholine rings is 1. The minimum Gasteiger partial charge on any atom is -0.484 e. The number of carbonyl (C=O) groups is 1. The lowest BCUT2D eigenvalue weighted by atomic mass is 10.3. The minimum atomic E-state index is -0.297. The van der Waals surface area contributed by atoms with Crippen LogP contribution in [0.1, 0.15) is 0 Å². The largest absolute Gasteiger partial charge is 0.484 e. The Morgan fingerprint density at radius 2 is 2.21 bits per heavy atom. The molecule has 0 bridgehead atoms. The van der Waals surface area contributed by atoms with Crippen LogP contribution in [0.5, 0.6) is 5.75 Å². The Morgan fingerprint density at radius 3 is 2.89 bits per heavy atom. The molecule has 3 N–H and O–H groups in total. The van der Waals surface area contributed by atoms with Gasteiger partial charge in [-0.1, -0.05) is 0 Å². The predicted molar refractivity (Wildman–Crippen MR) is 69.8 cm³/mol. The van der Waals surface area contributed by atoms with Crippen molar-refractivity contribution in [3.63, 3.8) is 0 Å². The average Bonchev–Trinajstić information content (AvgIpc) is 2.46. The summed E-state index contributed by atoms with van der Waals surface area (Å²) in [6.07, 6.45) is -0.297. The van der Waals surface area contributed by atoms with Crippen molar-refractivity contribution >= 4 is 11.6 Å². The number of hydrogen-bond acceptors (Lipinski definition) is 5. The van der Waals surface area contributed by atoms with Crippen LogP contribution in [-0.4, -0.2) is 54.9 Å². The molecule has 1 aliphatic heterocycles. The number of amides is 1. The van der Waals surface area contributed by atoms with E-state index in [2.05, 4.69) is 0 Å². The summed E-state index contributed by atoms with van der Waals surface area (Å²) >= 11 is 0. The van der Waals surface area contributed by atoms with E-state index in [9.17, 15) is 4.79 Å². The molecule has 1 unspecified atom stereocenters. The zero-order valence-corrected chi connectivity index (χ0v) is 10.6. The van der Waals surface area contributed by atoms with Crippen molar-refractivity contribution in [1.82, 2.24) is 4.90 Å². The fourth-order valence-electron chi connectivity index (χ4n) is 1.86. The van der Waals surface area contributed by atoms with Crippen molar-refractivity contribution < 1.29 is 19.4 Å². The number of nitrogens with zero attached hydrogens (tertiary/aromatic N) is 1. The van der Waals surface area contributed by atoms with E-state index in [4.69, 9.17) is 20.3 Å². The summed E-state index contributed by atoms with van der Waals surface area (Å²) in [4.78, 5) is 13.6. The maximum atomic E-state index is 11.9. The van der Waals surface area contributed by atoms with Gasteiger partial charge in [0.1, 0.15) is 5.75 Å². The number of aliphatic hydroxyl groups is 1. The number of carbonyl (C=O) groups excluding carboxylic acids is 1. The van der Waals surface area contributed by atoms with Crippen LogP contribution in [0, 0.1) is 0 Å². The molecule has 6 nitrogen and oxygen atoms in total. The first kappa shape index (κ1) is 13.6. The molecule has 6 heteroatoms. The van der Waals surface area contributed by atoms with Gasteiger partial charge in [0.2, 0.25) is 0 Å². The van der Waals surface area contributed by atoms with E-state index in [0.717, 1.165) is 0 Å². The Balaban J connectivity index is 1.82. The van der Waals surface area contributed by atoms with Crippen LogP contribution in [-0.2, 0) is 9.53 Å². The molecular formula is C13H18N2O4. The van der Waals surface area contributed by atoms with Crippen LogP contribution in [0.15, 0.2) is 24.3 Å². The highest BCUT2D eigenvalue weighted by Gasteiger charge is 2.23. The fourth-order valence-corrected chi connectivity index (χ4v) is 1.86. The van der Waals surface area contributed by atoms with Gasteiger partial charge in [-0.2, -0.15) is 0 Å². The number of benzene rings is 1. The third kappa shape index (κ3) is 3.84. The highest BCUT2D eigenvalue weighted by Crippen LogP contribution is 2.13. The predicted octanol–water partition coefficient (Wildman–Crippen LogP) is -0.133. The topological polar surface area (TPSA) is 85.0 Å². The van der Waals surface area contributed by atoms with Gasteiger partial charge in [0.05, 0.1) is 19.3 Å². The number of nitrogens with two attached hydrogens (primary N) is 1. The van der Waals surface area contributed by atoms with Crippen molar-refractivity contribution in [2.24, 2.45) is 0 Å². The third-order valence-corrected chi connectivity index (χ3v) is 2.94. The van der Waals surface area contributed by atoms with Gasteiger partial charge < -0.3 is 25.2 Å². The van der Waals surface area contributed by atoms with E-state index in [1.807, 2.05) is 0 Å². The van der Waals surface area contributed by atoms with Gasteiger partial charge in [0.15, 0.2) is 6.61 Å². The van der Waals surface area contributed by atoms with Crippen molar-refractivity contribution in [3.8, 4) is 5.75 Å². The smallest absolute Gasteiger partial charge is 0.260 e. The monoisotopic (exact) mass is 266 g/mol. The minimum absolute atomic E-state index is 0.0257. The SMILES string of the molecule is Nc1ccc(OCC(=O)N2CCOC(CO)C2)cc1. The molecule has 0 saturated carbocycles. The summed E-state index contributed by atoms with van der Waals surface area (Å²) < 4.78 is 10.7. The molecule has 19 heavy (non-hydrogen) atoms. The van der Waals surface area contributed by atoms with Gasteiger partial charge in [-0.3, -0.25) is 4.79 Å². The molecule has 1 aromatic rings. The number of ether oxygens (including phenoxy) is 2. The Bertz CT molecular complexity index is 421. The molecule has 1 amide bonds. The van der Waals surface area contributed by atoms with Gasteiger partial charge in [-0.05, 0) is 24.3 Å². The second kappa shape index (κ2) is 6.40. The summed E-state index contributed by atoms with van der Waals surface area (Å²) in [7, 11) is 0. The Labute approximate surface area is 111 Å². The lowest BCUT2D eigenvalue weighted by Crippen LogP contribution is -2.48. The zero-order chi connectivity index (χ0) is 13.7. The standard InChI is InChI=1S/C13H18N2O4/c14-10-1-3-11(4-2-10)19-9-13(17)15-5-6-18-12(7-15)8-16/h1-4,12,16H,5-9,14H2. The van der Waals surface area contributed by atoms with Crippen LogP contribution >= 0.6 is 0 Å². The molecule has 1 heterocycles. The Morgan fingerprint density at radius 1 is 1.47 bits per heavy atom. The second-order valence-electron chi connectivity index (χ2n) is 4.37. The van der Waals surface area contributed by atoms with Crippen LogP contribution in [0.25, 0.3) is 0 Å². The average molecular weight is 266 g/mol. The van der Waals surface area contributed by atoms with Gasteiger partial charge in [-0.15, -0.1) is 0 Å². The quantitative estimate of drug-likeness (QED) is 0.741. The summed E-state index contributed by atoms with van der Waals surface area (Å²) in [5, 5.41) is 9.02. The first-order valence-electron chi connectivity index (χ1n) is 6.17. The summed E-state index contributed by atoms with van der Waals surface area (Å²) in [5.74, 6) is 0.494. The summed E-state index contributed by atoms with van der Waals surface area (Å²) in [6.45, 7) is 1.27. The van der Waals surface area contributed by atoms with Crippen molar-refractivity contribution in [2.45, 2.75) is 6.10 Å². The third-order valence-electron chi connectivity index (χ3n) is 2.94. The molecule has 1 saturated heterocycles. The summed E-state index contributed by atoms with van der Waals surface area (Å²) in [6, 6.07) is 6.88. The Hall–Kier alpha value is -1.79. The second-order valence-corrected chi connectivity index (χ2v) is 4.37. The molecule has 0 aromatic heterocycles. The molecule has 2 rings (SSSR count). The Kier molecular flexibility index (Phi) is 4.59. The molecule has 1 fully saturated rings. The van der Waals surface area contributed by atoms with Gasteiger partial charge in [0, 0.05) is 18.8 Å². The molecule has 1 aromatic carbocycles. The first-order chi connectivity index (χ1) is 9.19. The molecule has 0 aliphatic carbocycles. The maximum absolute atomic E-state index is 11.9. The number of rotatable bonds is 4. The number of nitrogen functional groups attached to an aromatic ring is 1. The van der Waals surface area contributed by atoms with Crippen LogP contribution in [0.3, 0.4) is 0 Å². The van der Waals surface area contributed by atoms with Crippen molar-refractivity contribution in [2.75, 3.05) is 38.6 Å². The van der Waals surface area contributed by atoms with E-state index in [-0.39, 0.29) is 25.2 Å². The zero-order valence-electron chi connectivity index (χ0n) is 10.6. The van der Waals surface area contributed by atoms with Crippen LogP contribution in [0.2, 0.25) is 0 Å². The molecule has 1 aliphatic rings. The van der Waals surface area contributed by atoms with Gasteiger partial charge in [-0.25, -0.2) is 0 Å². The van der Waals surface area contributed by atoms with Crippen LogP contribution in [0.4, 0.5) is 5.69 Å². The lowest BCUT2D eigenvalue weighted by molar-refractivity contribution is -0.142. The number of hydrogen-bond donors (Lipinski definition) is 2. The molecular weight excluding hydrogens is 248 g/mol. The highest BCUT2D eigenvalue weighted by molar-refractivity contribution is 5.77. The molecule has 104 valence electrons. The molecule has 1 atom stereocenters. The fraction of sp³-hybridized carbons (Fsp3) is 0.462. The van der Waals surface area contributed by atoms with Crippen molar-refractivity contribution in [1.29, 1.82) is 0 Å². The lowest BCUT2D eigenvalue weighted by Gasteiger charge is -2.31.